The number of methoxy groups -OCH3 is 1. The van der Waals surface area contributed by atoms with E-state index in [2.05, 4.69) is 10.2 Å². The maximum absolute atomic E-state index is 12.2. The molecule has 0 N–H and O–H groups in total. The lowest BCUT2D eigenvalue weighted by Crippen LogP contribution is -2.38. The number of aromatic nitrogens is 2. The molecule has 1 aliphatic carbocycles. The number of nitrogens with zero attached hydrogens (tertiary/aromatic N) is 3. The standard InChI is InChI=1S/C12H15N3O2/c1-17-11-5-4-10(13-14-11)12(16)15-7-8-2-3-9(15)6-8/h4-5,8-9H,2-3,6-7H2,1H3/t8-,9-/m0/s1. The van der Waals surface area contributed by atoms with E-state index in [0.717, 1.165) is 19.4 Å². The van der Waals surface area contributed by atoms with E-state index in [0.29, 0.717) is 23.5 Å². The molecule has 5 heteroatoms. The van der Waals surface area contributed by atoms with Crippen LogP contribution in [-0.2, 0) is 0 Å². The molecular formula is C12H15N3O2. The summed E-state index contributed by atoms with van der Waals surface area (Å²) in [6.07, 6.45) is 3.57. The highest BCUT2D eigenvalue weighted by Crippen LogP contribution is 2.37. The monoisotopic (exact) mass is 233 g/mol. The van der Waals surface area contributed by atoms with E-state index in [-0.39, 0.29) is 5.91 Å². The molecule has 1 aromatic rings. The molecule has 1 amide bonds. The Kier molecular flexibility index (Phi) is 2.46. The molecule has 1 aromatic heterocycles. The summed E-state index contributed by atoms with van der Waals surface area (Å²) in [5, 5.41) is 7.74. The molecule has 3 rings (SSSR count). The number of carbonyl (C=O) groups excluding carboxylic acids is 1. The lowest BCUT2D eigenvalue weighted by molar-refractivity contribution is 0.0696. The maximum atomic E-state index is 12.2. The summed E-state index contributed by atoms with van der Waals surface area (Å²) in [5.74, 6) is 1.15. The molecule has 0 aromatic carbocycles. The molecule has 1 saturated heterocycles. The summed E-state index contributed by atoms with van der Waals surface area (Å²) < 4.78 is 4.93. The average Bonchev–Trinajstić information content (AvgIpc) is 3.00. The Morgan fingerprint density at radius 1 is 1.41 bits per heavy atom. The molecule has 2 bridgehead atoms. The number of fused-ring (bicyclic) bond motifs is 2. The summed E-state index contributed by atoms with van der Waals surface area (Å²) in [7, 11) is 1.53. The van der Waals surface area contributed by atoms with Crippen LogP contribution >= 0.6 is 0 Å². The van der Waals surface area contributed by atoms with Crippen molar-refractivity contribution in [3.63, 3.8) is 0 Å². The Bertz CT molecular complexity index is 432. The van der Waals surface area contributed by atoms with E-state index in [1.54, 1.807) is 12.1 Å². The zero-order valence-corrected chi connectivity index (χ0v) is 9.80. The predicted octanol–water partition coefficient (Wildman–Crippen LogP) is 1.11. The molecule has 0 spiro atoms. The minimum atomic E-state index is 0.00681. The van der Waals surface area contributed by atoms with E-state index in [4.69, 9.17) is 4.74 Å². The van der Waals surface area contributed by atoms with E-state index in [1.165, 1.54) is 13.5 Å². The lowest BCUT2D eigenvalue weighted by atomic mass is 10.1. The maximum Gasteiger partial charge on any atom is 0.274 e. The first-order valence-electron chi connectivity index (χ1n) is 5.96. The van der Waals surface area contributed by atoms with E-state index < -0.39 is 0 Å². The Balaban J connectivity index is 1.77. The van der Waals surface area contributed by atoms with Crippen molar-refractivity contribution in [2.75, 3.05) is 13.7 Å². The highest BCUT2D eigenvalue weighted by atomic mass is 16.5. The van der Waals surface area contributed by atoms with Crippen molar-refractivity contribution in [2.24, 2.45) is 5.92 Å². The van der Waals surface area contributed by atoms with Crippen LogP contribution in [0.15, 0.2) is 12.1 Å². The van der Waals surface area contributed by atoms with Gasteiger partial charge in [-0.2, -0.15) is 0 Å². The number of hydrogen-bond donors (Lipinski definition) is 0. The van der Waals surface area contributed by atoms with Gasteiger partial charge in [-0.05, 0) is 31.2 Å². The van der Waals surface area contributed by atoms with Gasteiger partial charge < -0.3 is 9.64 Å². The van der Waals surface area contributed by atoms with Crippen molar-refractivity contribution >= 4 is 5.91 Å². The Labute approximate surface area is 99.8 Å². The van der Waals surface area contributed by atoms with Gasteiger partial charge in [0, 0.05) is 18.7 Å². The van der Waals surface area contributed by atoms with Crippen LogP contribution < -0.4 is 4.74 Å². The van der Waals surface area contributed by atoms with Crippen LogP contribution in [0.5, 0.6) is 5.88 Å². The van der Waals surface area contributed by atoms with Gasteiger partial charge >= 0.3 is 0 Å². The third-order valence-electron chi connectivity index (χ3n) is 3.74. The SMILES string of the molecule is COc1ccc(C(=O)N2C[C@H]3CC[C@H]2C3)nn1. The second kappa shape index (κ2) is 3.98. The van der Waals surface area contributed by atoms with Crippen LogP contribution in [0.2, 0.25) is 0 Å². The van der Waals surface area contributed by atoms with Crippen LogP contribution in [0.4, 0.5) is 0 Å². The summed E-state index contributed by atoms with van der Waals surface area (Å²) in [6.45, 7) is 0.886. The fourth-order valence-electron chi connectivity index (χ4n) is 2.86. The van der Waals surface area contributed by atoms with Gasteiger partial charge in [-0.15, -0.1) is 10.2 Å². The largest absolute Gasteiger partial charge is 0.480 e. The Hall–Kier alpha value is -1.65. The van der Waals surface area contributed by atoms with Gasteiger partial charge in [0.25, 0.3) is 5.91 Å². The first-order chi connectivity index (χ1) is 8.28. The minimum Gasteiger partial charge on any atom is -0.480 e. The van der Waals surface area contributed by atoms with Gasteiger partial charge in [0.2, 0.25) is 5.88 Å². The van der Waals surface area contributed by atoms with Crippen LogP contribution in [-0.4, -0.2) is 40.7 Å². The van der Waals surface area contributed by atoms with E-state index in [1.807, 2.05) is 4.90 Å². The number of rotatable bonds is 2. The van der Waals surface area contributed by atoms with Gasteiger partial charge in [0.05, 0.1) is 7.11 Å². The number of hydrogen-bond acceptors (Lipinski definition) is 4. The summed E-state index contributed by atoms with van der Waals surface area (Å²) >= 11 is 0. The van der Waals surface area contributed by atoms with Gasteiger partial charge in [0.15, 0.2) is 5.69 Å². The van der Waals surface area contributed by atoms with Gasteiger partial charge in [-0.3, -0.25) is 4.79 Å². The topological polar surface area (TPSA) is 55.3 Å². The Morgan fingerprint density at radius 2 is 2.29 bits per heavy atom. The van der Waals surface area contributed by atoms with Crippen LogP contribution in [0.1, 0.15) is 29.8 Å². The molecule has 0 radical (unpaired) electrons. The molecule has 1 aliphatic heterocycles. The second-order valence-corrected chi connectivity index (χ2v) is 4.75. The molecule has 2 aliphatic rings. The van der Waals surface area contributed by atoms with Gasteiger partial charge in [-0.25, -0.2) is 0 Å². The number of piperidine rings is 1. The van der Waals surface area contributed by atoms with Crippen molar-refractivity contribution in [2.45, 2.75) is 25.3 Å². The highest BCUT2D eigenvalue weighted by molar-refractivity contribution is 5.92. The average molecular weight is 233 g/mol. The van der Waals surface area contributed by atoms with Crippen molar-refractivity contribution < 1.29 is 9.53 Å². The molecule has 2 atom stereocenters. The third kappa shape index (κ3) is 1.75. The molecule has 0 unspecified atom stereocenters. The van der Waals surface area contributed by atoms with E-state index in [9.17, 15) is 4.79 Å². The van der Waals surface area contributed by atoms with Crippen LogP contribution in [0.3, 0.4) is 0 Å². The number of ether oxygens (including phenoxy) is 1. The van der Waals surface area contributed by atoms with E-state index >= 15 is 0 Å². The van der Waals surface area contributed by atoms with Crippen LogP contribution in [0, 0.1) is 5.92 Å². The van der Waals surface area contributed by atoms with Crippen molar-refractivity contribution in [3.05, 3.63) is 17.8 Å². The summed E-state index contributed by atoms with van der Waals surface area (Å²) in [6, 6.07) is 3.78. The second-order valence-electron chi connectivity index (χ2n) is 4.75. The first kappa shape index (κ1) is 10.5. The smallest absolute Gasteiger partial charge is 0.274 e. The molecule has 5 nitrogen and oxygen atoms in total. The van der Waals surface area contributed by atoms with Crippen molar-refractivity contribution in [1.82, 2.24) is 15.1 Å². The number of amides is 1. The summed E-state index contributed by atoms with van der Waals surface area (Å²) in [5.41, 5.74) is 0.415. The zero-order chi connectivity index (χ0) is 11.8. The molecule has 2 fully saturated rings. The lowest BCUT2D eigenvalue weighted by Gasteiger charge is -2.26. The van der Waals surface area contributed by atoms with Gasteiger partial charge in [0.1, 0.15) is 0 Å². The zero-order valence-electron chi connectivity index (χ0n) is 9.80. The normalized spacial score (nSPS) is 26.3. The fourth-order valence-corrected chi connectivity index (χ4v) is 2.86. The summed E-state index contributed by atoms with van der Waals surface area (Å²) in [4.78, 5) is 14.2. The molecule has 2 heterocycles. The van der Waals surface area contributed by atoms with Crippen molar-refractivity contribution in [1.29, 1.82) is 0 Å². The Morgan fingerprint density at radius 3 is 2.82 bits per heavy atom. The van der Waals surface area contributed by atoms with Gasteiger partial charge in [-0.1, -0.05) is 0 Å². The molecule has 90 valence electrons. The van der Waals surface area contributed by atoms with Crippen LogP contribution in [0.25, 0.3) is 0 Å². The molecular weight excluding hydrogens is 218 g/mol. The molecule has 17 heavy (non-hydrogen) atoms. The number of carbonyl (C=O) groups is 1. The first-order valence-corrected chi connectivity index (χ1v) is 5.96. The number of likely N-dealkylation sites (tertiary alicyclic amines) is 1. The quantitative estimate of drug-likeness (QED) is 0.767. The minimum absolute atomic E-state index is 0.00681. The highest BCUT2D eigenvalue weighted by Gasteiger charge is 2.40. The fraction of sp³-hybridized carbons (Fsp3) is 0.583. The third-order valence-corrected chi connectivity index (χ3v) is 3.74. The molecule has 1 saturated carbocycles. The predicted molar refractivity (Wildman–Crippen MR) is 60.7 cm³/mol. The van der Waals surface area contributed by atoms with Crippen molar-refractivity contribution in [3.8, 4) is 5.88 Å².